The van der Waals surface area contributed by atoms with Crippen LogP contribution in [0, 0.1) is 6.92 Å². The van der Waals surface area contributed by atoms with Crippen molar-refractivity contribution < 1.29 is 9.47 Å². The van der Waals surface area contributed by atoms with Gasteiger partial charge in [0.15, 0.2) is 0 Å². The van der Waals surface area contributed by atoms with Crippen LogP contribution in [-0.2, 0) is 4.74 Å². The Morgan fingerprint density at radius 2 is 2.35 bits per heavy atom. The maximum absolute atomic E-state index is 5.74. The number of hydrogen-bond donors (Lipinski definition) is 1. The van der Waals surface area contributed by atoms with E-state index in [0.29, 0.717) is 6.10 Å². The zero-order valence-electron chi connectivity index (χ0n) is 10.4. The highest BCUT2D eigenvalue weighted by atomic mass is 16.5. The maximum atomic E-state index is 5.74. The lowest BCUT2D eigenvalue weighted by atomic mass is 10.1. The Bertz CT molecular complexity index is 359. The van der Waals surface area contributed by atoms with Crippen LogP contribution in [-0.4, -0.2) is 19.3 Å². The summed E-state index contributed by atoms with van der Waals surface area (Å²) >= 11 is 0. The molecule has 1 aliphatic heterocycles. The monoisotopic (exact) mass is 235 g/mol. The van der Waals surface area contributed by atoms with E-state index in [1.54, 1.807) is 0 Å². The fraction of sp³-hybridized carbons (Fsp3) is 0.571. The molecular formula is C14H21NO2. The van der Waals surface area contributed by atoms with Crippen molar-refractivity contribution in [1.29, 1.82) is 0 Å². The molecule has 0 bridgehead atoms. The minimum atomic E-state index is 0.464. The third-order valence-corrected chi connectivity index (χ3v) is 3.15. The highest BCUT2D eigenvalue weighted by molar-refractivity contribution is 5.47. The molecule has 0 aromatic heterocycles. The molecule has 0 spiro atoms. The van der Waals surface area contributed by atoms with Gasteiger partial charge in [-0.2, -0.15) is 0 Å². The van der Waals surface area contributed by atoms with Crippen LogP contribution in [0.5, 0.6) is 5.75 Å². The summed E-state index contributed by atoms with van der Waals surface area (Å²) in [6.07, 6.45) is 5.04. The Hall–Kier alpha value is -1.22. The molecule has 0 radical (unpaired) electrons. The number of aryl methyl sites for hydroxylation is 1. The molecule has 2 rings (SSSR count). The third-order valence-electron chi connectivity index (χ3n) is 3.15. The van der Waals surface area contributed by atoms with Gasteiger partial charge < -0.3 is 15.2 Å². The molecule has 1 fully saturated rings. The summed E-state index contributed by atoms with van der Waals surface area (Å²) in [7, 11) is 0. The van der Waals surface area contributed by atoms with E-state index in [0.717, 1.165) is 43.1 Å². The first-order valence-electron chi connectivity index (χ1n) is 6.36. The van der Waals surface area contributed by atoms with E-state index in [4.69, 9.17) is 15.2 Å². The van der Waals surface area contributed by atoms with Crippen molar-refractivity contribution >= 4 is 5.69 Å². The summed E-state index contributed by atoms with van der Waals surface area (Å²) in [5.74, 6) is 0.937. The summed E-state index contributed by atoms with van der Waals surface area (Å²) in [5.41, 5.74) is 7.58. The quantitative estimate of drug-likeness (QED) is 0.630. The molecule has 1 aliphatic rings. The van der Waals surface area contributed by atoms with Gasteiger partial charge in [-0.05, 0) is 56.4 Å². The van der Waals surface area contributed by atoms with Crippen LogP contribution in [0.1, 0.15) is 31.2 Å². The van der Waals surface area contributed by atoms with E-state index < -0.39 is 0 Å². The largest absolute Gasteiger partial charge is 0.493 e. The fourth-order valence-electron chi connectivity index (χ4n) is 2.20. The number of benzene rings is 1. The van der Waals surface area contributed by atoms with Gasteiger partial charge in [-0.15, -0.1) is 0 Å². The number of rotatable bonds is 5. The Labute approximate surface area is 103 Å². The predicted molar refractivity (Wildman–Crippen MR) is 69.3 cm³/mol. The molecule has 1 saturated heterocycles. The highest BCUT2D eigenvalue weighted by Crippen LogP contribution is 2.21. The van der Waals surface area contributed by atoms with E-state index in [1.807, 2.05) is 25.1 Å². The first-order valence-corrected chi connectivity index (χ1v) is 6.36. The van der Waals surface area contributed by atoms with Crippen LogP contribution >= 0.6 is 0 Å². The van der Waals surface area contributed by atoms with Crippen molar-refractivity contribution in [2.45, 2.75) is 38.7 Å². The summed E-state index contributed by atoms with van der Waals surface area (Å²) < 4.78 is 11.3. The van der Waals surface area contributed by atoms with Crippen molar-refractivity contribution in [3.8, 4) is 5.75 Å². The van der Waals surface area contributed by atoms with Gasteiger partial charge in [0.05, 0.1) is 12.7 Å². The molecule has 2 N–H and O–H groups in total. The van der Waals surface area contributed by atoms with E-state index in [2.05, 4.69) is 0 Å². The van der Waals surface area contributed by atoms with Crippen molar-refractivity contribution in [2.24, 2.45) is 0 Å². The number of ether oxygens (including phenoxy) is 2. The lowest BCUT2D eigenvalue weighted by molar-refractivity contribution is 0.0981. The van der Waals surface area contributed by atoms with Gasteiger partial charge in [-0.25, -0.2) is 0 Å². The van der Waals surface area contributed by atoms with Crippen LogP contribution in [0.2, 0.25) is 0 Å². The average Bonchev–Trinajstić information content (AvgIpc) is 2.79. The molecule has 3 heteroatoms. The van der Waals surface area contributed by atoms with Crippen LogP contribution in [0.15, 0.2) is 18.2 Å². The molecule has 0 aliphatic carbocycles. The number of anilines is 1. The second-order valence-electron chi connectivity index (χ2n) is 4.65. The van der Waals surface area contributed by atoms with Crippen molar-refractivity contribution in [2.75, 3.05) is 18.9 Å². The number of nitrogen functional groups attached to an aromatic ring is 1. The van der Waals surface area contributed by atoms with E-state index in [9.17, 15) is 0 Å². The SMILES string of the molecule is Cc1cc(N)ccc1OCCCC1CCCO1. The maximum Gasteiger partial charge on any atom is 0.122 e. The zero-order chi connectivity index (χ0) is 12.1. The Kier molecular flexibility index (Phi) is 4.26. The van der Waals surface area contributed by atoms with Gasteiger partial charge in [0, 0.05) is 12.3 Å². The minimum absolute atomic E-state index is 0.464. The molecule has 1 aromatic rings. The first kappa shape index (κ1) is 12.2. The minimum Gasteiger partial charge on any atom is -0.493 e. The topological polar surface area (TPSA) is 44.5 Å². The summed E-state index contributed by atoms with van der Waals surface area (Å²) in [6, 6.07) is 5.76. The summed E-state index contributed by atoms with van der Waals surface area (Å²) in [5, 5.41) is 0. The fourth-order valence-corrected chi connectivity index (χ4v) is 2.20. The average molecular weight is 235 g/mol. The molecule has 1 atom stereocenters. The van der Waals surface area contributed by atoms with Gasteiger partial charge in [-0.3, -0.25) is 0 Å². The molecular weight excluding hydrogens is 214 g/mol. The third kappa shape index (κ3) is 3.63. The van der Waals surface area contributed by atoms with Gasteiger partial charge in [0.2, 0.25) is 0 Å². The van der Waals surface area contributed by atoms with Gasteiger partial charge in [-0.1, -0.05) is 0 Å². The van der Waals surface area contributed by atoms with Crippen LogP contribution in [0.4, 0.5) is 5.69 Å². The second-order valence-corrected chi connectivity index (χ2v) is 4.65. The molecule has 1 aromatic carbocycles. The Morgan fingerprint density at radius 1 is 1.47 bits per heavy atom. The molecule has 1 unspecified atom stereocenters. The molecule has 17 heavy (non-hydrogen) atoms. The van der Waals surface area contributed by atoms with Crippen molar-refractivity contribution in [1.82, 2.24) is 0 Å². The molecule has 1 heterocycles. The standard InChI is InChI=1S/C14H21NO2/c1-11-10-12(15)6-7-14(11)17-9-3-5-13-4-2-8-16-13/h6-7,10,13H,2-5,8-9,15H2,1H3. The summed E-state index contributed by atoms with van der Waals surface area (Å²) in [6.45, 7) is 3.71. The number of nitrogens with two attached hydrogens (primary N) is 1. The van der Waals surface area contributed by atoms with E-state index in [-0.39, 0.29) is 0 Å². The molecule has 3 nitrogen and oxygen atoms in total. The zero-order valence-corrected chi connectivity index (χ0v) is 10.4. The van der Waals surface area contributed by atoms with E-state index >= 15 is 0 Å². The van der Waals surface area contributed by atoms with Crippen LogP contribution in [0.3, 0.4) is 0 Å². The Morgan fingerprint density at radius 3 is 3.06 bits per heavy atom. The predicted octanol–water partition coefficient (Wildman–Crippen LogP) is 2.92. The van der Waals surface area contributed by atoms with Gasteiger partial charge in [0.1, 0.15) is 5.75 Å². The van der Waals surface area contributed by atoms with E-state index in [1.165, 1.54) is 12.8 Å². The highest BCUT2D eigenvalue weighted by Gasteiger charge is 2.14. The lowest BCUT2D eigenvalue weighted by Crippen LogP contribution is -2.08. The van der Waals surface area contributed by atoms with Gasteiger partial charge in [0.25, 0.3) is 0 Å². The summed E-state index contributed by atoms with van der Waals surface area (Å²) in [4.78, 5) is 0. The van der Waals surface area contributed by atoms with Crippen LogP contribution < -0.4 is 10.5 Å². The normalized spacial score (nSPS) is 19.5. The van der Waals surface area contributed by atoms with Gasteiger partial charge >= 0.3 is 0 Å². The Balaban J connectivity index is 1.70. The second kappa shape index (κ2) is 5.92. The lowest BCUT2D eigenvalue weighted by Gasteiger charge is -2.11. The van der Waals surface area contributed by atoms with Crippen molar-refractivity contribution in [3.05, 3.63) is 23.8 Å². The molecule has 94 valence electrons. The first-order chi connectivity index (χ1) is 8.25. The smallest absolute Gasteiger partial charge is 0.122 e. The number of hydrogen-bond acceptors (Lipinski definition) is 3. The van der Waals surface area contributed by atoms with Crippen molar-refractivity contribution in [3.63, 3.8) is 0 Å². The molecule has 0 amide bonds. The molecule has 0 saturated carbocycles. The van der Waals surface area contributed by atoms with Crippen LogP contribution in [0.25, 0.3) is 0 Å².